The van der Waals surface area contributed by atoms with Crippen molar-refractivity contribution in [2.75, 3.05) is 0 Å². The summed E-state index contributed by atoms with van der Waals surface area (Å²) in [6, 6.07) is 9.11. The summed E-state index contributed by atoms with van der Waals surface area (Å²) in [6.07, 6.45) is 2.65. The number of carboxylic acid groups (broad SMARTS) is 1. The average molecular weight is 323 g/mol. The quantitative estimate of drug-likeness (QED) is 0.777. The number of hydrogen-bond acceptors (Lipinski definition) is 3. The molecular formula is C19H21N3O2. The van der Waals surface area contributed by atoms with E-state index in [2.05, 4.69) is 18.8 Å². The SMILES string of the molecule is Cc1cnc2c(c1)nc(CC(C)C)n2Cc1ccccc1C(=O)O. The van der Waals surface area contributed by atoms with Crippen LogP contribution in [0.25, 0.3) is 11.2 Å². The van der Waals surface area contributed by atoms with Gasteiger partial charge in [0, 0.05) is 12.6 Å². The number of carbonyl (C=O) groups is 1. The van der Waals surface area contributed by atoms with Gasteiger partial charge in [0.2, 0.25) is 0 Å². The Kier molecular flexibility index (Phi) is 4.34. The van der Waals surface area contributed by atoms with E-state index in [1.807, 2.05) is 35.9 Å². The number of aromatic carboxylic acids is 1. The number of benzene rings is 1. The second kappa shape index (κ2) is 6.43. The fraction of sp³-hybridized carbons (Fsp3) is 0.316. The molecule has 0 saturated carbocycles. The van der Waals surface area contributed by atoms with Gasteiger partial charge in [-0.1, -0.05) is 32.0 Å². The van der Waals surface area contributed by atoms with Gasteiger partial charge in [-0.25, -0.2) is 14.8 Å². The lowest BCUT2D eigenvalue weighted by Crippen LogP contribution is -2.11. The zero-order valence-corrected chi connectivity index (χ0v) is 14.2. The van der Waals surface area contributed by atoms with E-state index >= 15 is 0 Å². The van der Waals surface area contributed by atoms with Crippen LogP contribution < -0.4 is 0 Å². The fourth-order valence-corrected chi connectivity index (χ4v) is 2.88. The van der Waals surface area contributed by atoms with Crippen molar-refractivity contribution in [1.82, 2.24) is 14.5 Å². The first-order chi connectivity index (χ1) is 11.5. The molecule has 0 radical (unpaired) electrons. The number of pyridine rings is 1. The van der Waals surface area contributed by atoms with Crippen molar-refractivity contribution in [2.24, 2.45) is 5.92 Å². The highest BCUT2D eigenvalue weighted by molar-refractivity contribution is 5.89. The van der Waals surface area contributed by atoms with Crippen LogP contribution in [0.3, 0.4) is 0 Å². The zero-order chi connectivity index (χ0) is 17.3. The van der Waals surface area contributed by atoms with Crippen LogP contribution in [0.1, 0.15) is 41.2 Å². The molecule has 0 amide bonds. The maximum absolute atomic E-state index is 11.5. The van der Waals surface area contributed by atoms with E-state index in [9.17, 15) is 9.90 Å². The van der Waals surface area contributed by atoms with Gasteiger partial charge in [-0.15, -0.1) is 0 Å². The largest absolute Gasteiger partial charge is 0.478 e. The van der Waals surface area contributed by atoms with Crippen molar-refractivity contribution in [3.05, 3.63) is 59.0 Å². The molecule has 0 saturated heterocycles. The number of aryl methyl sites for hydroxylation is 1. The second-order valence-corrected chi connectivity index (χ2v) is 6.53. The molecule has 2 aromatic heterocycles. The molecule has 1 N–H and O–H groups in total. The third-order valence-electron chi connectivity index (χ3n) is 3.97. The van der Waals surface area contributed by atoms with E-state index in [0.29, 0.717) is 18.0 Å². The van der Waals surface area contributed by atoms with Crippen molar-refractivity contribution in [3.8, 4) is 0 Å². The Morgan fingerprint density at radius 2 is 2.04 bits per heavy atom. The zero-order valence-electron chi connectivity index (χ0n) is 14.2. The average Bonchev–Trinajstić information content (AvgIpc) is 2.83. The van der Waals surface area contributed by atoms with E-state index in [4.69, 9.17) is 4.98 Å². The van der Waals surface area contributed by atoms with E-state index in [-0.39, 0.29) is 0 Å². The molecule has 0 fully saturated rings. The highest BCUT2D eigenvalue weighted by Gasteiger charge is 2.16. The van der Waals surface area contributed by atoms with E-state index in [1.165, 1.54) is 0 Å². The smallest absolute Gasteiger partial charge is 0.336 e. The van der Waals surface area contributed by atoms with Crippen LogP contribution in [0.5, 0.6) is 0 Å². The molecule has 3 rings (SSSR count). The number of rotatable bonds is 5. The number of aromatic nitrogens is 3. The van der Waals surface area contributed by atoms with Gasteiger partial charge in [0.05, 0.1) is 12.1 Å². The molecule has 124 valence electrons. The predicted molar refractivity (Wildman–Crippen MR) is 93.3 cm³/mol. The summed E-state index contributed by atoms with van der Waals surface area (Å²) in [7, 11) is 0. The van der Waals surface area contributed by atoms with Gasteiger partial charge >= 0.3 is 5.97 Å². The van der Waals surface area contributed by atoms with Crippen molar-refractivity contribution < 1.29 is 9.90 Å². The standard InChI is InChI=1S/C19H21N3O2/c1-12(2)8-17-21-16-9-13(3)10-20-18(16)22(17)11-14-6-4-5-7-15(14)19(23)24/h4-7,9-10,12H,8,11H2,1-3H3,(H,23,24). The minimum absolute atomic E-state index is 0.321. The molecule has 0 bridgehead atoms. The third kappa shape index (κ3) is 3.15. The van der Waals surface area contributed by atoms with Crippen LogP contribution in [-0.4, -0.2) is 25.6 Å². The number of hydrogen-bond donors (Lipinski definition) is 1. The first-order valence-electron chi connectivity index (χ1n) is 8.08. The van der Waals surface area contributed by atoms with E-state index in [1.54, 1.807) is 12.1 Å². The molecule has 0 spiro atoms. The first-order valence-corrected chi connectivity index (χ1v) is 8.08. The van der Waals surface area contributed by atoms with Crippen LogP contribution in [0.2, 0.25) is 0 Å². The Hall–Kier alpha value is -2.69. The van der Waals surface area contributed by atoms with Gasteiger partial charge in [0.25, 0.3) is 0 Å². The van der Waals surface area contributed by atoms with Crippen molar-refractivity contribution >= 4 is 17.1 Å². The number of fused-ring (bicyclic) bond motifs is 1. The lowest BCUT2D eigenvalue weighted by Gasteiger charge is -2.12. The molecule has 0 aliphatic heterocycles. The topological polar surface area (TPSA) is 68.0 Å². The molecule has 0 unspecified atom stereocenters. The lowest BCUT2D eigenvalue weighted by molar-refractivity contribution is 0.0695. The maximum Gasteiger partial charge on any atom is 0.336 e. The molecule has 0 aliphatic carbocycles. The number of imidazole rings is 1. The highest BCUT2D eigenvalue weighted by Crippen LogP contribution is 2.21. The summed E-state index contributed by atoms with van der Waals surface area (Å²) in [5, 5.41) is 9.42. The molecular weight excluding hydrogens is 302 g/mol. The van der Waals surface area contributed by atoms with Gasteiger partial charge in [0.15, 0.2) is 5.65 Å². The van der Waals surface area contributed by atoms with Gasteiger partial charge in [0.1, 0.15) is 11.3 Å². The van der Waals surface area contributed by atoms with Crippen LogP contribution in [0.15, 0.2) is 36.5 Å². The van der Waals surface area contributed by atoms with Crippen LogP contribution in [-0.2, 0) is 13.0 Å². The Labute approximate surface area is 141 Å². The molecule has 0 aliphatic rings. The Bertz CT molecular complexity index is 897. The van der Waals surface area contributed by atoms with Crippen molar-refractivity contribution in [2.45, 2.75) is 33.7 Å². The summed E-state index contributed by atoms with van der Waals surface area (Å²) in [5.74, 6) is 0.485. The molecule has 3 aromatic rings. The van der Waals surface area contributed by atoms with Gasteiger partial charge in [-0.2, -0.15) is 0 Å². The third-order valence-corrected chi connectivity index (χ3v) is 3.97. The number of nitrogens with zero attached hydrogens (tertiary/aromatic N) is 3. The Balaban J connectivity index is 2.12. The maximum atomic E-state index is 11.5. The Morgan fingerprint density at radius 1 is 1.29 bits per heavy atom. The summed E-state index contributed by atoms with van der Waals surface area (Å²) in [4.78, 5) is 20.8. The minimum Gasteiger partial charge on any atom is -0.478 e. The van der Waals surface area contributed by atoms with E-state index in [0.717, 1.165) is 34.5 Å². The predicted octanol–water partition coefficient (Wildman–Crippen LogP) is 3.68. The van der Waals surface area contributed by atoms with Crippen LogP contribution in [0, 0.1) is 12.8 Å². The molecule has 24 heavy (non-hydrogen) atoms. The van der Waals surface area contributed by atoms with Gasteiger partial charge < -0.3 is 9.67 Å². The first kappa shape index (κ1) is 16.2. The van der Waals surface area contributed by atoms with Crippen LogP contribution in [0.4, 0.5) is 0 Å². The van der Waals surface area contributed by atoms with E-state index < -0.39 is 5.97 Å². The minimum atomic E-state index is -0.913. The molecule has 1 aromatic carbocycles. The molecule has 0 atom stereocenters. The second-order valence-electron chi connectivity index (χ2n) is 6.53. The Morgan fingerprint density at radius 3 is 2.75 bits per heavy atom. The number of carboxylic acids is 1. The van der Waals surface area contributed by atoms with Crippen molar-refractivity contribution in [3.63, 3.8) is 0 Å². The van der Waals surface area contributed by atoms with Crippen molar-refractivity contribution in [1.29, 1.82) is 0 Å². The fourth-order valence-electron chi connectivity index (χ4n) is 2.88. The summed E-state index contributed by atoms with van der Waals surface area (Å²) >= 11 is 0. The van der Waals surface area contributed by atoms with Crippen LogP contribution >= 0.6 is 0 Å². The summed E-state index contributed by atoms with van der Waals surface area (Å²) in [5.41, 5.74) is 3.81. The molecule has 5 nitrogen and oxygen atoms in total. The molecule has 2 heterocycles. The lowest BCUT2D eigenvalue weighted by atomic mass is 10.1. The van der Waals surface area contributed by atoms with Gasteiger partial charge in [-0.05, 0) is 36.1 Å². The monoisotopic (exact) mass is 323 g/mol. The van der Waals surface area contributed by atoms with Gasteiger partial charge in [-0.3, -0.25) is 0 Å². The molecule has 5 heteroatoms. The summed E-state index contributed by atoms with van der Waals surface area (Å²) < 4.78 is 2.04. The summed E-state index contributed by atoms with van der Waals surface area (Å²) in [6.45, 7) is 6.74. The highest BCUT2D eigenvalue weighted by atomic mass is 16.4. The normalized spacial score (nSPS) is 11.3.